The van der Waals surface area contributed by atoms with Crippen molar-refractivity contribution in [2.75, 3.05) is 18.4 Å². The molecule has 0 bridgehead atoms. The predicted molar refractivity (Wildman–Crippen MR) is 121 cm³/mol. The van der Waals surface area contributed by atoms with E-state index in [1.807, 2.05) is 24.2 Å². The summed E-state index contributed by atoms with van der Waals surface area (Å²) < 4.78 is 0. The van der Waals surface area contributed by atoms with Gasteiger partial charge in [0.1, 0.15) is 5.65 Å². The SMILES string of the molecule is [C-]#[N+]c1cnc(NC(CC)C2CCN(C(C)=O)CC2)nc1-c1c[nH]c2ncc(C)cc12. The smallest absolute Gasteiger partial charge is 0.231 e. The number of anilines is 1. The molecule has 1 amide bonds. The molecule has 1 unspecified atom stereocenters. The van der Waals surface area contributed by atoms with Crippen molar-refractivity contribution in [2.45, 2.75) is 46.1 Å². The second-order valence-corrected chi connectivity index (χ2v) is 8.15. The van der Waals surface area contributed by atoms with Crippen molar-refractivity contribution in [3.63, 3.8) is 0 Å². The molecule has 8 nitrogen and oxygen atoms in total. The third kappa shape index (κ3) is 4.22. The lowest BCUT2D eigenvalue weighted by Gasteiger charge is -2.35. The van der Waals surface area contributed by atoms with Gasteiger partial charge < -0.3 is 15.2 Å². The molecule has 8 heteroatoms. The molecule has 160 valence electrons. The molecule has 1 saturated heterocycles. The summed E-state index contributed by atoms with van der Waals surface area (Å²) in [4.78, 5) is 33.9. The number of amides is 1. The van der Waals surface area contributed by atoms with Crippen LogP contribution in [-0.2, 0) is 4.79 Å². The molecule has 4 rings (SSSR count). The van der Waals surface area contributed by atoms with Gasteiger partial charge in [-0.1, -0.05) is 6.92 Å². The minimum absolute atomic E-state index is 0.144. The molecule has 1 fully saturated rings. The molecular weight excluding hydrogens is 390 g/mol. The lowest BCUT2D eigenvalue weighted by Crippen LogP contribution is -2.42. The van der Waals surface area contributed by atoms with Crippen LogP contribution in [0.15, 0.2) is 24.7 Å². The number of aromatic nitrogens is 4. The number of piperidine rings is 1. The largest absolute Gasteiger partial charge is 0.351 e. The molecular formula is C23H27N7O. The molecule has 1 atom stereocenters. The molecule has 0 saturated carbocycles. The van der Waals surface area contributed by atoms with E-state index in [-0.39, 0.29) is 11.9 Å². The van der Waals surface area contributed by atoms with Crippen molar-refractivity contribution in [3.05, 3.63) is 41.6 Å². The number of carbonyl (C=O) groups is 1. The number of hydrogen-bond acceptors (Lipinski definition) is 5. The van der Waals surface area contributed by atoms with Crippen LogP contribution >= 0.6 is 0 Å². The Morgan fingerprint density at radius 3 is 2.81 bits per heavy atom. The number of carbonyl (C=O) groups excluding carboxylic acids is 1. The number of fused-ring (bicyclic) bond motifs is 1. The number of nitrogens with one attached hydrogen (secondary N) is 2. The minimum Gasteiger partial charge on any atom is -0.351 e. The van der Waals surface area contributed by atoms with Gasteiger partial charge in [-0.2, -0.15) is 0 Å². The first-order chi connectivity index (χ1) is 15.0. The van der Waals surface area contributed by atoms with Crippen LogP contribution in [0.4, 0.5) is 11.6 Å². The predicted octanol–water partition coefficient (Wildman–Crippen LogP) is 4.33. The average molecular weight is 418 g/mol. The highest BCUT2D eigenvalue weighted by Gasteiger charge is 2.27. The highest BCUT2D eigenvalue weighted by Crippen LogP contribution is 2.34. The van der Waals surface area contributed by atoms with E-state index in [0.717, 1.165) is 54.5 Å². The maximum Gasteiger partial charge on any atom is 0.231 e. The molecule has 0 spiro atoms. The number of H-pyrrole nitrogens is 1. The summed E-state index contributed by atoms with van der Waals surface area (Å²) in [5.41, 5.74) is 3.69. The van der Waals surface area contributed by atoms with Crippen LogP contribution in [0.3, 0.4) is 0 Å². The van der Waals surface area contributed by atoms with Crippen molar-refractivity contribution in [1.82, 2.24) is 24.8 Å². The van der Waals surface area contributed by atoms with Crippen molar-refractivity contribution in [1.29, 1.82) is 0 Å². The van der Waals surface area contributed by atoms with E-state index >= 15 is 0 Å². The Bertz CT molecular complexity index is 1140. The normalized spacial score (nSPS) is 15.6. The van der Waals surface area contributed by atoms with Crippen molar-refractivity contribution in [3.8, 4) is 11.3 Å². The molecule has 2 N–H and O–H groups in total. The van der Waals surface area contributed by atoms with E-state index in [0.29, 0.717) is 23.2 Å². The fourth-order valence-electron chi connectivity index (χ4n) is 4.36. The number of pyridine rings is 1. The molecule has 0 aliphatic carbocycles. The summed E-state index contributed by atoms with van der Waals surface area (Å²) >= 11 is 0. The molecule has 31 heavy (non-hydrogen) atoms. The third-order valence-corrected chi connectivity index (χ3v) is 6.12. The third-order valence-electron chi connectivity index (χ3n) is 6.12. The van der Waals surface area contributed by atoms with Gasteiger partial charge in [0.2, 0.25) is 17.5 Å². The average Bonchev–Trinajstić information content (AvgIpc) is 3.20. The van der Waals surface area contributed by atoms with E-state index < -0.39 is 0 Å². The molecule has 3 aromatic rings. The number of rotatable bonds is 5. The van der Waals surface area contributed by atoms with E-state index in [4.69, 9.17) is 11.6 Å². The fraction of sp³-hybridized carbons (Fsp3) is 0.435. The van der Waals surface area contributed by atoms with Gasteiger partial charge in [-0.15, -0.1) is 0 Å². The van der Waals surface area contributed by atoms with Gasteiger partial charge >= 0.3 is 0 Å². The van der Waals surface area contributed by atoms with Crippen LogP contribution in [0.1, 0.15) is 38.7 Å². The highest BCUT2D eigenvalue weighted by atomic mass is 16.2. The Morgan fingerprint density at radius 1 is 1.35 bits per heavy atom. The first-order valence-electron chi connectivity index (χ1n) is 10.7. The second kappa shape index (κ2) is 8.72. The highest BCUT2D eigenvalue weighted by molar-refractivity contribution is 5.96. The zero-order valence-corrected chi connectivity index (χ0v) is 18.1. The van der Waals surface area contributed by atoms with Crippen LogP contribution in [0.5, 0.6) is 0 Å². The van der Waals surface area contributed by atoms with Gasteiger partial charge in [0.25, 0.3) is 0 Å². The van der Waals surface area contributed by atoms with Crippen LogP contribution in [-0.4, -0.2) is 49.9 Å². The van der Waals surface area contributed by atoms with E-state index in [1.54, 1.807) is 13.1 Å². The lowest BCUT2D eigenvalue weighted by atomic mass is 9.88. The monoisotopic (exact) mass is 417 g/mol. The minimum atomic E-state index is 0.144. The van der Waals surface area contributed by atoms with Gasteiger partial charge in [-0.3, -0.25) is 4.79 Å². The summed E-state index contributed by atoms with van der Waals surface area (Å²) in [6, 6.07) is 2.27. The van der Waals surface area contributed by atoms with Crippen LogP contribution in [0.2, 0.25) is 0 Å². The summed E-state index contributed by atoms with van der Waals surface area (Å²) in [7, 11) is 0. The Kier molecular flexibility index (Phi) is 5.85. The summed E-state index contributed by atoms with van der Waals surface area (Å²) in [6.45, 7) is 14.9. The maximum absolute atomic E-state index is 11.6. The standard InChI is InChI=1S/C23H27N7O/c1-5-19(16-6-8-30(9-7-16)15(3)31)28-23-27-13-20(24-4)21(29-23)18-12-26-22-17(18)10-14(2)11-25-22/h10-13,16,19H,5-9H2,1-3H3,(H,25,26)(H,27,28,29). The first kappa shape index (κ1) is 20.8. The van der Waals surface area contributed by atoms with Gasteiger partial charge in [0.05, 0.1) is 12.3 Å². The van der Waals surface area contributed by atoms with Crippen LogP contribution < -0.4 is 5.32 Å². The van der Waals surface area contributed by atoms with Crippen molar-refractivity contribution < 1.29 is 4.79 Å². The molecule has 4 heterocycles. The van der Waals surface area contributed by atoms with Crippen LogP contribution in [0, 0.1) is 19.4 Å². The lowest BCUT2D eigenvalue weighted by molar-refractivity contribution is -0.130. The Balaban J connectivity index is 1.61. The number of aromatic amines is 1. The molecule has 3 aromatic heterocycles. The van der Waals surface area contributed by atoms with Crippen molar-refractivity contribution in [2.24, 2.45) is 5.92 Å². The molecule has 1 aliphatic heterocycles. The topological polar surface area (TPSA) is 91.2 Å². The van der Waals surface area contributed by atoms with Gasteiger partial charge in [0, 0.05) is 55.6 Å². The zero-order chi connectivity index (χ0) is 22.0. The van der Waals surface area contributed by atoms with Gasteiger partial charge in [0.15, 0.2) is 0 Å². The number of nitrogens with zero attached hydrogens (tertiary/aromatic N) is 5. The number of hydrogen-bond donors (Lipinski definition) is 2. The summed E-state index contributed by atoms with van der Waals surface area (Å²) in [6.07, 6.45) is 8.12. The Labute approximate surface area is 181 Å². The van der Waals surface area contributed by atoms with Gasteiger partial charge in [-0.05, 0) is 43.7 Å². The summed E-state index contributed by atoms with van der Waals surface area (Å²) in [5, 5.41) is 4.44. The molecule has 0 aromatic carbocycles. The Hall–Kier alpha value is -3.47. The van der Waals surface area contributed by atoms with E-state index in [2.05, 4.69) is 38.1 Å². The van der Waals surface area contributed by atoms with Crippen LogP contribution in [0.25, 0.3) is 27.1 Å². The summed E-state index contributed by atoms with van der Waals surface area (Å²) in [5.74, 6) is 1.12. The second-order valence-electron chi connectivity index (χ2n) is 8.15. The number of aryl methyl sites for hydroxylation is 1. The van der Waals surface area contributed by atoms with Crippen molar-refractivity contribution >= 4 is 28.6 Å². The Morgan fingerprint density at radius 2 is 2.13 bits per heavy atom. The maximum atomic E-state index is 11.6. The zero-order valence-electron chi connectivity index (χ0n) is 18.1. The van der Waals surface area contributed by atoms with E-state index in [9.17, 15) is 4.79 Å². The molecule has 0 radical (unpaired) electrons. The number of likely N-dealkylation sites (tertiary alicyclic amines) is 1. The van der Waals surface area contributed by atoms with E-state index in [1.165, 1.54) is 0 Å². The van der Waals surface area contributed by atoms with Gasteiger partial charge in [-0.25, -0.2) is 19.8 Å². The molecule has 1 aliphatic rings. The first-order valence-corrected chi connectivity index (χ1v) is 10.7. The quantitative estimate of drug-likeness (QED) is 0.603. The fourth-order valence-corrected chi connectivity index (χ4v) is 4.36.